The maximum absolute atomic E-state index is 12.2. The Labute approximate surface area is 126 Å². The Morgan fingerprint density at radius 3 is 2.71 bits per heavy atom. The van der Waals surface area contributed by atoms with Crippen molar-refractivity contribution in [3.63, 3.8) is 0 Å². The molecular weight excluding hydrogens is 264 g/mol. The Morgan fingerprint density at radius 1 is 1.33 bits per heavy atom. The molecule has 2 aliphatic rings. The third kappa shape index (κ3) is 3.46. The van der Waals surface area contributed by atoms with Gasteiger partial charge in [-0.2, -0.15) is 5.10 Å². The van der Waals surface area contributed by atoms with Gasteiger partial charge in [-0.3, -0.25) is 9.48 Å². The SMILES string of the molecule is CCN(CC)CCn1cc(NC(=O)C2CC3CC3C2)cn1. The number of likely N-dealkylation sites (N-methyl/N-ethyl adjacent to an activating group) is 1. The van der Waals surface area contributed by atoms with E-state index >= 15 is 0 Å². The topological polar surface area (TPSA) is 50.2 Å². The van der Waals surface area contributed by atoms with Crippen molar-refractivity contribution in [2.75, 3.05) is 25.0 Å². The molecule has 0 spiro atoms. The van der Waals surface area contributed by atoms with Crippen molar-refractivity contribution < 1.29 is 4.79 Å². The summed E-state index contributed by atoms with van der Waals surface area (Å²) in [6, 6.07) is 0. The van der Waals surface area contributed by atoms with Crippen molar-refractivity contribution in [1.82, 2.24) is 14.7 Å². The van der Waals surface area contributed by atoms with E-state index in [0.29, 0.717) is 0 Å². The second-order valence-corrected chi connectivity index (χ2v) is 6.43. The normalized spacial score (nSPS) is 26.9. The van der Waals surface area contributed by atoms with Crippen molar-refractivity contribution in [1.29, 1.82) is 0 Å². The molecule has 1 heterocycles. The molecule has 0 aliphatic heterocycles. The van der Waals surface area contributed by atoms with Crippen molar-refractivity contribution >= 4 is 11.6 Å². The number of nitrogens with one attached hydrogen (secondary N) is 1. The second kappa shape index (κ2) is 6.18. The van der Waals surface area contributed by atoms with Crippen LogP contribution in [0.2, 0.25) is 0 Å². The van der Waals surface area contributed by atoms with Gasteiger partial charge in [0.15, 0.2) is 0 Å². The van der Waals surface area contributed by atoms with E-state index in [-0.39, 0.29) is 11.8 Å². The first-order chi connectivity index (χ1) is 10.2. The van der Waals surface area contributed by atoms with E-state index < -0.39 is 0 Å². The lowest BCUT2D eigenvalue weighted by Crippen LogP contribution is -2.27. The third-order valence-electron chi connectivity index (χ3n) is 5.05. The molecule has 2 atom stereocenters. The summed E-state index contributed by atoms with van der Waals surface area (Å²) < 4.78 is 1.92. The predicted octanol–water partition coefficient (Wildman–Crippen LogP) is 2.21. The van der Waals surface area contributed by atoms with Gasteiger partial charge in [0.2, 0.25) is 5.91 Å². The summed E-state index contributed by atoms with van der Waals surface area (Å²) in [5.74, 6) is 2.10. The van der Waals surface area contributed by atoms with Gasteiger partial charge < -0.3 is 10.2 Å². The summed E-state index contributed by atoms with van der Waals surface area (Å²) in [5.41, 5.74) is 0.833. The lowest BCUT2D eigenvalue weighted by atomic mass is 10.0. The molecule has 5 heteroatoms. The minimum Gasteiger partial charge on any atom is -0.323 e. The summed E-state index contributed by atoms with van der Waals surface area (Å²) >= 11 is 0. The Morgan fingerprint density at radius 2 is 2.05 bits per heavy atom. The van der Waals surface area contributed by atoms with Crippen LogP contribution in [0.3, 0.4) is 0 Å². The quantitative estimate of drug-likeness (QED) is 0.837. The third-order valence-corrected chi connectivity index (χ3v) is 5.05. The molecular formula is C16H26N4O. The highest BCUT2D eigenvalue weighted by Gasteiger charge is 2.47. The van der Waals surface area contributed by atoms with E-state index in [9.17, 15) is 4.79 Å². The number of carbonyl (C=O) groups is 1. The minimum atomic E-state index is 0.186. The first kappa shape index (κ1) is 14.6. The van der Waals surface area contributed by atoms with Crippen molar-refractivity contribution in [2.45, 2.75) is 39.7 Å². The van der Waals surface area contributed by atoms with E-state index in [1.165, 1.54) is 6.42 Å². The Hall–Kier alpha value is -1.36. The molecule has 116 valence electrons. The highest BCUT2D eigenvalue weighted by atomic mass is 16.1. The maximum Gasteiger partial charge on any atom is 0.227 e. The molecule has 21 heavy (non-hydrogen) atoms. The number of hydrogen-bond acceptors (Lipinski definition) is 3. The Bertz CT molecular complexity index is 484. The van der Waals surface area contributed by atoms with E-state index in [0.717, 1.165) is 56.5 Å². The van der Waals surface area contributed by atoms with Gasteiger partial charge in [0, 0.05) is 18.7 Å². The standard InChI is InChI=1S/C16H26N4O/c1-3-19(4-2)5-6-20-11-15(10-17-20)18-16(21)14-8-12-7-13(12)9-14/h10-14H,3-9H2,1-2H3,(H,18,21). The van der Waals surface area contributed by atoms with Crippen molar-refractivity contribution in [3.05, 3.63) is 12.4 Å². The van der Waals surface area contributed by atoms with Gasteiger partial charge in [-0.1, -0.05) is 13.8 Å². The predicted molar refractivity (Wildman–Crippen MR) is 83.0 cm³/mol. The van der Waals surface area contributed by atoms with Crippen LogP contribution < -0.4 is 5.32 Å². The first-order valence-corrected chi connectivity index (χ1v) is 8.25. The number of carbonyl (C=O) groups excluding carboxylic acids is 1. The number of nitrogens with zero attached hydrogens (tertiary/aromatic N) is 3. The number of aromatic nitrogens is 2. The van der Waals surface area contributed by atoms with Gasteiger partial charge in [0.25, 0.3) is 0 Å². The van der Waals surface area contributed by atoms with Crippen LogP contribution in [0.4, 0.5) is 5.69 Å². The number of rotatable bonds is 7. The monoisotopic (exact) mass is 290 g/mol. The van der Waals surface area contributed by atoms with Crippen LogP contribution in [-0.4, -0.2) is 40.2 Å². The fourth-order valence-electron chi connectivity index (χ4n) is 3.51. The summed E-state index contributed by atoms with van der Waals surface area (Å²) in [7, 11) is 0. The smallest absolute Gasteiger partial charge is 0.227 e. The molecule has 1 amide bonds. The lowest BCUT2D eigenvalue weighted by Gasteiger charge is -2.17. The average molecular weight is 290 g/mol. The lowest BCUT2D eigenvalue weighted by molar-refractivity contribution is -0.120. The van der Waals surface area contributed by atoms with Crippen LogP contribution in [0.15, 0.2) is 12.4 Å². The van der Waals surface area contributed by atoms with Gasteiger partial charge >= 0.3 is 0 Å². The number of hydrogen-bond donors (Lipinski definition) is 1. The summed E-state index contributed by atoms with van der Waals surface area (Å²) in [4.78, 5) is 14.6. The van der Waals surface area contributed by atoms with Gasteiger partial charge in [0.1, 0.15) is 0 Å². The fraction of sp³-hybridized carbons (Fsp3) is 0.750. The Kier molecular flexibility index (Phi) is 4.29. The van der Waals surface area contributed by atoms with Gasteiger partial charge in [-0.25, -0.2) is 0 Å². The van der Waals surface area contributed by atoms with Crippen molar-refractivity contribution in [2.24, 2.45) is 17.8 Å². The number of anilines is 1. The molecule has 2 saturated carbocycles. The molecule has 0 saturated heterocycles. The molecule has 0 aromatic carbocycles. The van der Waals surface area contributed by atoms with Crippen LogP contribution in [-0.2, 0) is 11.3 Å². The van der Waals surface area contributed by atoms with Crippen LogP contribution in [0.1, 0.15) is 33.1 Å². The summed E-state index contributed by atoms with van der Waals surface area (Å²) in [5, 5.41) is 7.36. The molecule has 3 rings (SSSR count). The van der Waals surface area contributed by atoms with E-state index in [1.54, 1.807) is 6.20 Å². The maximum atomic E-state index is 12.2. The van der Waals surface area contributed by atoms with E-state index in [4.69, 9.17) is 0 Å². The minimum absolute atomic E-state index is 0.186. The highest BCUT2D eigenvalue weighted by Crippen LogP contribution is 2.54. The first-order valence-electron chi connectivity index (χ1n) is 8.25. The highest BCUT2D eigenvalue weighted by molar-refractivity contribution is 5.92. The van der Waals surface area contributed by atoms with E-state index in [2.05, 4.69) is 29.2 Å². The zero-order valence-corrected chi connectivity index (χ0v) is 13.1. The zero-order chi connectivity index (χ0) is 14.8. The zero-order valence-electron chi connectivity index (χ0n) is 13.1. The fourth-order valence-corrected chi connectivity index (χ4v) is 3.51. The molecule has 2 unspecified atom stereocenters. The van der Waals surface area contributed by atoms with Gasteiger partial charge in [-0.05, 0) is 44.2 Å². The molecule has 1 aromatic heterocycles. The molecule has 5 nitrogen and oxygen atoms in total. The second-order valence-electron chi connectivity index (χ2n) is 6.43. The molecule has 1 N–H and O–H groups in total. The average Bonchev–Trinajstić information content (AvgIpc) is 2.89. The van der Waals surface area contributed by atoms with Crippen molar-refractivity contribution in [3.8, 4) is 0 Å². The Balaban J connectivity index is 1.47. The molecule has 2 fully saturated rings. The molecule has 0 radical (unpaired) electrons. The largest absolute Gasteiger partial charge is 0.323 e. The van der Waals surface area contributed by atoms with Crippen LogP contribution in [0.5, 0.6) is 0 Å². The van der Waals surface area contributed by atoms with Gasteiger partial charge in [-0.15, -0.1) is 0 Å². The van der Waals surface area contributed by atoms with Crippen LogP contribution in [0, 0.1) is 17.8 Å². The summed E-state index contributed by atoms with van der Waals surface area (Å²) in [6.07, 6.45) is 7.24. The molecule has 0 bridgehead atoms. The summed E-state index contributed by atoms with van der Waals surface area (Å²) in [6.45, 7) is 8.32. The molecule has 2 aliphatic carbocycles. The van der Waals surface area contributed by atoms with E-state index in [1.807, 2.05) is 10.9 Å². The molecule has 1 aromatic rings. The number of amides is 1. The van der Waals surface area contributed by atoms with Crippen LogP contribution in [0.25, 0.3) is 0 Å². The van der Waals surface area contributed by atoms with Crippen LogP contribution >= 0.6 is 0 Å². The van der Waals surface area contributed by atoms with Gasteiger partial charge in [0.05, 0.1) is 18.4 Å². The number of fused-ring (bicyclic) bond motifs is 1.